The SMILES string of the molecule is CC(CO)C(Cc1ccccc1)C(=O)O. The van der Waals surface area contributed by atoms with Crippen molar-refractivity contribution in [2.24, 2.45) is 11.8 Å². The Kier molecular flexibility index (Phi) is 4.31. The van der Waals surface area contributed by atoms with Crippen LogP contribution in [0.15, 0.2) is 30.3 Å². The number of carbonyl (C=O) groups is 1. The summed E-state index contributed by atoms with van der Waals surface area (Å²) in [6, 6.07) is 9.48. The number of benzene rings is 1. The zero-order valence-electron chi connectivity index (χ0n) is 8.76. The first-order valence-corrected chi connectivity index (χ1v) is 5.02. The molecule has 1 aromatic rings. The van der Waals surface area contributed by atoms with E-state index < -0.39 is 11.9 Å². The van der Waals surface area contributed by atoms with Gasteiger partial charge < -0.3 is 10.2 Å². The molecule has 0 saturated carbocycles. The Labute approximate surface area is 89.4 Å². The van der Waals surface area contributed by atoms with Gasteiger partial charge in [-0.2, -0.15) is 0 Å². The average Bonchev–Trinajstić information content (AvgIpc) is 2.26. The van der Waals surface area contributed by atoms with Crippen LogP contribution in [0.25, 0.3) is 0 Å². The number of hydrogen-bond donors (Lipinski definition) is 2. The number of aliphatic hydroxyl groups is 1. The summed E-state index contributed by atoms with van der Waals surface area (Å²) < 4.78 is 0. The third kappa shape index (κ3) is 3.36. The topological polar surface area (TPSA) is 57.5 Å². The largest absolute Gasteiger partial charge is 0.481 e. The monoisotopic (exact) mass is 208 g/mol. The Balaban J connectivity index is 2.71. The summed E-state index contributed by atoms with van der Waals surface area (Å²) in [6.07, 6.45) is 0.470. The standard InChI is InChI=1S/C12H16O3/c1-9(8-13)11(12(14)15)7-10-5-3-2-4-6-10/h2-6,9,11,13H,7-8H2,1H3,(H,14,15). The van der Waals surface area contributed by atoms with Crippen LogP contribution in [0, 0.1) is 11.8 Å². The summed E-state index contributed by atoms with van der Waals surface area (Å²) in [5.74, 6) is -1.58. The van der Waals surface area contributed by atoms with Gasteiger partial charge in [-0.3, -0.25) is 4.79 Å². The van der Waals surface area contributed by atoms with E-state index in [1.54, 1.807) is 6.92 Å². The fourth-order valence-electron chi connectivity index (χ4n) is 1.53. The zero-order chi connectivity index (χ0) is 11.3. The summed E-state index contributed by atoms with van der Waals surface area (Å²) in [5, 5.41) is 18.0. The summed E-state index contributed by atoms with van der Waals surface area (Å²) >= 11 is 0. The van der Waals surface area contributed by atoms with Crippen molar-refractivity contribution in [1.29, 1.82) is 0 Å². The minimum Gasteiger partial charge on any atom is -0.481 e. The summed E-state index contributed by atoms with van der Waals surface area (Å²) in [7, 11) is 0. The molecule has 0 radical (unpaired) electrons. The molecule has 82 valence electrons. The first-order valence-electron chi connectivity index (χ1n) is 5.02. The van der Waals surface area contributed by atoms with Crippen LogP contribution in [0.2, 0.25) is 0 Å². The van der Waals surface area contributed by atoms with Crippen molar-refractivity contribution in [3.8, 4) is 0 Å². The molecular weight excluding hydrogens is 192 g/mol. The van der Waals surface area contributed by atoms with Crippen LogP contribution in [-0.4, -0.2) is 22.8 Å². The van der Waals surface area contributed by atoms with Gasteiger partial charge in [0.15, 0.2) is 0 Å². The third-order valence-corrected chi connectivity index (χ3v) is 2.59. The second-order valence-electron chi connectivity index (χ2n) is 3.79. The van der Waals surface area contributed by atoms with Gasteiger partial charge in [-0.1, -0.05) is 37.3 Å². The molecule has 2 atom stereocenters. The molecule has 3 heteroatoms. The van der Waals surface area contributed by atoms with Gasteiger partial charge in [0.05, 0.1) is 5.92 Å². The van der Waals surface area contributed by atoms with Crippen LogP contribution < -0.4 is 0 Å². The van der Waals surface area contributed by atoms with Crippen LogP contribution in [0.4, 0.5) is 0 Å². The maximum absolute atomic E-state index is 11.0. The predicted octanol–water partition coefficient (Wildman–Crippen LogP) is 1.56. The molecule has 0 spiro atoms. The highest BCUT2D eigenvalue weighted by molar-refractivity contribution is 5.70. The van der Waals surface area contributed by atoms with Crippen LogP contribution in [0.3, 0.4) is 0 Å². The van der Waals surface area contributed by atoms with Crippen molar-refractivity contribution < 1.29 is 15.0 Å². The summed E-state index contributed by atoms with van der Waals surface area (Å²) in [6.45, 7) is 1.66. The molecule has 0 saturated heterocycles. The first kappa shape index (κ1) is 11.7. The molecule has 1 rings (SSSR count). The molecule has 2 unspecified atom stereocenters. The fraction of sp³-hybridized carbons (Fsp3) is 0.417. The molecule has 0 aliphatic carbocycles. The van der Waals surface area contributed by atoms with E-state index in [-0.39, 0.29) is 12.5 Å². The van der Waals surface area contributed by atoms with Crippen LogP contribution in [-0.2, 0) is 11.2 Å². The smallest absolute Gasteiger partial charge is 0.307 e. The number of carboxylic acids is 1. The Morgan fingerprint density at radius 3 is 2.40 bits per heavy atom. The molecule has 0 aliphatic heterocycles. The molecule has 0 aliphatic rings. The lowest BCUT2D eigenvalue weighted by molar-refractivity contribution is -0.144. The molecule has 0 aromatic heterocycles. The molecule has 0 bridgehead atoms. The number of carboxylic acid groups (broad SMARTS) is 1. The van der Waals surface area contributed by atoms with E-state index in [0.717, 1.165) is 5.56 Å². The second-order valence-corrected chi connectivity index (χ2v) is 3.79. The predicted molar refractivity (Wildman–Crippen MR) is 57.5 cm³/mol. The fourth-order valence-corrected chi connectivity index (χ4v) is 1.53. The van der Waals surface area contributed by atoms with Gasteiger partial charge in [0.1, 0.15) is 0 Å². The van der Waals surface area contributed by atoms with E-state index in [9.17, 15) is 4.79 Å². The number of aliphatic carboxylic acids is 1. The number of hydrogen-bond acceptors (Lipinski definition) is 2. The lowest BCUT2D eigenvalue weighted by Gasteiger charge is -2.17. The molecular formula is C12H16O3. The lowest BCUT2D eigenvalue weighted by atomic mass is 9.88. The Morgan fingerprint density at radius 2 is 1.93 bits per heavy atom. The van der Waals surface area contributed by atoms with Crippen molar-refractivity contribution in [2.75, 3.05) is 6.61 Å². The summed E-state index contributed by atoms with van der Waals surface area (Å²) in [5.41, 5.74) is 0.991. The Hall–Kier alpha value is -1.35. The Bertz CT molecular complexity index is 308. The second kappa shape index (κ2) is 5.51. The van der Waals surface area contributed by atoms with E-state index in [1.807, 2.05) is 30.3 Å². The Morgan fingerprint density at radius 1 is 1.33 bits per heavy atom. The van der Waals surface area contributed by atoms with Crippen LogP contribution >= 0.6 is 0 Å². The van der Waals surface area contributed by atoms with Gasteiger partial charge in [0, 0.05) is 6.61 Å². The van der Waals surface area contributed by atoms with Gasteiger partial charge in [-0.15, -0.1) is 0 Å². The van der Waals surface area contributed by atoms with E-state index in [1.165, 1.54) is 0 Å². The maximum Gasteiger partial charge on any atom is 0.307 e. The highest BCUT2D eigenvalue weighted by Crippen LogP contribution is 2.17. The van der Waals surface area contributed by atoms with Crippen LogP contribution in [0.1, 0.15) is 12.5 Å². The molecule has 15 heavy (non-hydrogen) atoms. The van der Waals surface area contributed by atoms with E-state index >= 15 is 0 Å². The zero-order valence-corrected chi connectivity index (χ0v) is 8.76. The third-order valence-electron chi connectivity index (χ3n) is 2.59. The van der Waals surface area contributed by atoms with Gasteiger partial charge in [0.2, 0.25) is 0 Å². The van der Waals surface area contributed by atoms with Gasteiger partial charge >= 0.3 is 5.97 Å². The van der Waals surface area contributed by atoms with Crippen molar-refractivity contribution in [3.63, 3.8) is 0 Å². The molecule has 1 aromatic carbocycles. The molecule has 3 nitrogen and oxygen atoms in total. The minimum atomic E-state index is -0.847. The highest BCUT2D eigenvalue weighted by Gasteiger charge is 2.24. The lowest BCUT2D eigenvalue weighted by Crippen LogP contribution is -2.26. The number of rotatable bonds is 5. The minimum absolute atomic E-state index is 0.0935. The van der Waals surface area contributed by atoms with E-state index in [4.69, 9.17) is 10.2 Å². The van der Waals surface area contributed by atoms with Gasteiger partial charge in [-0.25, -0.2) is 0 Å². The quantitative estimate of drug-likeness (QED) is 0.772. The normalized spacial score (nSPS) is 14.5. The van der Waals surface area contributed by atoms with E-state index in [0.29, 0.717) is 6.42 Å². The van der Waals surface area contributed by atoms with Crippen molar-refractivity contribution >= 4 is 5.97 Å². The average molecular weight is 208 g/mol. The van der Waals surface area contributed by atoms with Crippen molar-refractivity contribution in [2.45, 2.75) is 13.3 Å². The number of aliphatic hydroxyl groups excluding tert-OH is 1. The summed E-state index contributed by atoms with van der Waals surface area (Å²) in [4.78, 5) is 11.0. The molecule has 0 amide bonds. The van der Waals surface area contributed by atoms with E-state index in [2.05, 4.69) is 0 Å². The highest BCUT2D eigenvalue weighted by atomic mass is 16.4. The van der Waals surface area contributed by atoms with Gasteiger partial charge in [-0.05, 0) is 17.9 Å². The molecule has 2 N–H and O–H groups in total. The van der Waals surface area contributed by atoms with Crippen LogP contribution in [0.5, 0.6) is 0 Å². The van der Waals surface area contributed by atoms with Crippen molar-refractivity contribution in [3.05, 3.63) is 35.9 Å². The van der Waals surface area contributed by atoms with Crippen molar-refractivity contribution in [1.82, 2.24) is 0 Å². The molecule has 0 heterocycles. The maximum atomic E-state index is 11.0. The molecule has 0 fully saturated rings. The first-order chi connectivity index (χ1) is 7.15. The van der Waals surface area contributed by atoms with Gasteiger partial charge in [0.25, 0.3) is 0 Å².